The average molecular weight is 353 g/mol. The summed E-state index contributed by atoms with van der Waals surface area (Å²) in [7, 11) is 1.92. The lowest BCUT2D eigenvalue weighted by molar-refractivity contribution is 0.262. The normalized spacial score (nSPS) is 11.8. The van der Waals surface area contributed by atoms with Gasteiger partial charge in [0.05, 0.1) is 0 Å². The van der Waals surface area contributed by atoms with Gasteiger partial charge in [0.25, 0.3) is 0 Å². The number of aromatic nitrogens is 3. The Kier molecular flexibility index (Phi) is 5.35. The lowest BCUT2D eigenvalue weighted by atomic mass is 10.1. The van der Waals surface area contributed by atoms with E-state index in [1.807, 2.05) is 66.2 Å². The van der Waals surface area contributed by atoms with Crippen LogP contribution in [0.3, 0.4) is 0 Å². The smallest absolute Gasteiger partial charge is 0.312 e. The van der Waals surface area contributed by atoms with Crippen LogP contribution in [0.1, 0.15) is 17.7 Å². The van der Waals surface area contributed by atoms with Crippen LogP contribution in [0.5, 0.6) is 0 Å². The van der Waals surface area contributed by atoms with Gasteiger partial charge in [0.15, 0.2) is 5.16 Å². The number of rotatable bonds is 5. The molecule has 1 atom stereocenters. The third kappa shape index (κ3) is 4.60. The largest absolute Gasteiger partial charge is 0.323 e. The number of amides is 2. The molecule has 0 bridgehead atoms. The van der Waals surface area contributed by atoms with Gasteiger partial charge < -0.3 is 15.2 Å². The Morgan fingerprint density at radius 2 is 1.80 bits per heavy atom. The van der Waals surface area contributed by atoms with Crippen LogP contribution < -0.4 is 10.6 Å². The van der Waals surface area contributed by atoms with Gasteiger partial charge in [0.1, 0.15) is 6.33 Å². The van der Waals surface area contributed by atoms with Crippen molar-refractivity contribution in [3.05, 3.63) is 66.5 Å². The maximum atomic E-state index is 12.1. The molecule has 1 aromatic heterocycles. The van der Waals surface area contributed by atoms with Gasteiger partial charge in [-0.05, 0) is 36.8 Å². The summed E-state index contributed by atoms with van der Waals surface area (Å²) in [5.41, 5.74) is 2.60. The Hall–Kier alpha value is -2.80. The maximum Gasteiger partial charge on any atom is 0.323 e. The summed E-state index contributed by atoms with van der Waals surface area (Å²) in [4.78, 5) is 12.1. The number of benzene rings is 2. The first kappa shape index (κ1) is 17.0. The first-order valence-corrected chi connectivity index (χ1v) is 8.73. The number of nitrogens with zero attached hydrogens (tertiary/aromatic N) is 3. The first-order valence-electron chi connectivity index (χ1n) is 7.85. The van der Waals surface area contributed by atoms with Crippen molar-refractivity contribution in [1.82, 2.24) is 14.8 Å². The second-order valence-corrected chi connectivity index (χ2v) is 6.86. The van der Waals surface area contributed by atoms with Crippen LogP contribution in [0.2, 0.25) is 0 Å². The summed E-state index contributed by atoms with van der Waals surface area (Å²) in [6, 6.07) is 16.9. The van der Waals surface area contributed by atoms with Crippen molar-refractivity contribution in [3.8, 4) is 0 Å². The second kappa shape index (κ2) is 7.85. The Morgan fingerprint density at radius 3 is 2.52 bits per heavy atom. The molecule has 2 aromatic carbocycles. The Morgan fingerprint density at radius 1 is 1.08 bits per heavy atom. The van der Waals surface area contributed by atoms with Crippen LogP contribution in [-0.4, -0.2) is 20.8 Å². The van der Waals surface area contributed by atoms with Crippen molar-refractivity contribution in [1.29, 1.82) is 0 Å². The van der Waals surface area contributed by atoms with E-state index in [2.05, 4.69) is 27.8 Å². The fourth-order valence-electron chi connectivity index (χ4n) is 2.29. The molecule has 0 aliphatic carbocycles. The zero-order chi connectivity index (χ0) is 17.6. The van der Waals surface area contributed by atoms with Crippen molar-refractivity contribution in [2.75, 3.05) is 10.6 Å². The molecule has 0 radical (unpaired) electrons. The highest BCUT2D eigenvalue weighted by molar-refractivity contribution is 7.99. The highest BCUT2D eigenvalue weighted by Gasteiger charge is 2.12. The van der Waals surface area contributed by atoms with Crippen LogP contribution in [0.25, 0.3) is 0 Å². The minimum absolute atomic E-state index is 0.182. The Bertz CT molecular complexity index is 849. The third-order valence-corrected chi connectivity index (χ3v) is 4.80. The number of para-hydroxylation sites is 1. The van der Waals surface area contributed by atoms with Crippen LogP contribution in [0.4, 0.5) is 16.2 Å². The highest BCUT2D eigenvalue weighted by Crippen LogP contribution is 2.34. The van der Waals surface area contributed by atoms with Gasteiger partial charge in [-0.25, -0.2) is 4.79 Å². The van der Waals surface area contributed by atoms with Gasteiger partial charge in [0, 0.05) is 23.7 Å². The Labute approximate surface area is 150 Å². The minimum atomic E-state index is -0.267. The van der Waals surface area contributed by atoms with E-state index in [0.29, 0.717) is 0 Å². The van der Waals surface area contributed by atoms with E-state index in [0.717, 1.165) is 22.1 Å². The SMILES string of the molecule is C[C@H](Sc1nncn1C)c1cccc(NC(=O)Nc2ccccc2)c1. The van der Waals surface area contributed by atoms with E-state index in [1.165, 1.54) is 0 Å². The molecule has 2 amide bonds. The molecular formula is C18H19N5OS. The molecule has 0 saturated heterocycles. The van der Waals surface area contributed by atoms with Crippen LogP contribution in [0, 0.1) is 0 Å². The number of anilines is 2. The molecule has 0 spiro atoms. The number of carbonyl (C=O) groups excluding carboxylic acids is 1. The quantitative estimate of drug-likeness (QED) is 0.670. The number of hydrogen-bond donors (Lipinski definition) is 2. The molecule has 3 aromatic rings. The fourth-order valence-corrected chi connectivity index (χ4v) is 3.20. The molecule has 0 saturated carbocycles. The summed E-state index contributed by atoms with van der Waals surface area (Å²) in [6.07, 6.45) is 1.68. The maximum absolute atomic E-state index is 12.1. The van der Waals surface area contributed by atoms with Crippen LogP contribution in [0.15, 0.2) is 66.1 Å². The summed E-state index contributed by atoms with van der Waals surface area (Å²) in [5, 5.41) is 14.7. The molecule has 25 heavy (non-hydrogen) atoms. The molecule has 0 aliphatic heterocycles. The first-order chi connectivity index (χ1) is 12.1. The van der Waals surface area contributed by atoms with Gasteiger partial charge in [-0.3, -0.25) is 0 Å². The van der Waals surface area contributed by atoms with Gasteiger partial charge in [-0.1, -0.05) is 42.1 Å². The van der Waals surface area contributed by atoms with E-state index in [9.17, 15) is 4.79 Å². The highest BCUT2D eigenvalue weighted by atomic mass is 32.2. The lowest BCUT2D eigenvalue weighted by Gasteiger charge is -2.13. The zero-order valence-corrected chi connectivity index (χ0v) is 14.8. The number of hydrogen-bond acceptors (Lipinski definition) is 4. The molecule has 6 nitrogen and oxygen atoms in total. The third-order valence-electron chi connectivity index (χ3n) is 3.60. The number of nitrogens with one attached hydrogen (secondary N) is 2. The van der Waals surface area contributed by atoms with Gasteiger partial charge in [-0.15, -0.1) is 10.2 Å². The molecule has 128 valence electrons. The van der Waals surface area contributed by atoms with Crippen LogP contribution >= 0.6 is 11.8 Å². The number of aryl methyl sites for hydroxylation is 1. The molecule has 1 heterocycles. The second-order valence-electron chi connectivity index (χ2n) is 5.56. The van der Waals surface area contributed by atoms with Crippen molar-refractivity contribution in [2.45, 2.75) is 17.3 Å². The average Bonchev–Trinajstić information content (AvgIpc) is 3.00. The number of carbonyl (C=O) groups is 1. The molecule has 3 rings (SSSR count). The number of urea groups is 1. The van der Waals surface area contributed by atoms with Gasteiger partial charge in [0.2, 0.25) is 0 Å². The predicted octanol–water partition coefficient (Wildman–Crippen LogP) is 4.31. The summed E-state index contributed by atoms with van der Waals surface area (Å²) in [5.74, 6) is 0. The standard InChI is InChI=1S/C18H19N5OS/c1-13(25-18-22-19-12-23(18)2)14-7-6-10-16(11-14)21-17(24)20-15-8-4-3-5-9-15/h3-13H,1-2H3,(H2,20,21,24)/t13-/m0/s1. The van der Waals surface area contributed by atoms with Crippen molar-refractivity contribution in [2.24, 2.45) is 7.05 Å². The minimum Gasteiger partial charge on any atom is -0.312 e. The predicted molar refractivity (Wildman–Crippen MR) is 101 cm³/mol. The van der Waals surface area contributed by atoms with E-state index in [4.69, 9.17) is 0 Å². The monoisotopic (exact) mass is 353 g/mol. The fraction of sp³-hybridized carbons (Fsp3) is 0.167. The molecule has 7 heteroatoms. The topological polar surface area (TPSA) is 71.8 Å². The zero-order valence-electron chi connectivity index (χ0n) is 14.0. The number of thioether (sulfide) groups is 1. The Balaban J connectivity index is 1.64. The van der Waals surface area contributed by atoms with Crippen molar-refractivity contribution < 1.29 is 4.79 Å². The lowest BCUT2D eigenvalue weighted by Crippen LogP contribution is -2.19. The molecule has 0 aliphatic rings. The molecule has 0 unspecified atom stereocenters. The van der Waals surface area contributed by atoms with Crippen LogP contribution in [-0.2, 0) is 7.05 Å². The van der Waals surface area contributed by atoms with E-state index < -0.39 is 0 Å². The summed E-state index contributed by atoms with van der Waals surface area (Å²) >= 11 is 1.62. The van der Waals surface area contributed by atoms with Crippen molar-refractivity contribution >= 4 is 29.2 Å². The summed E-state index contributed by atoms with van der Waals surface area (Å²) < 4.78 is 1.89. The van der Waals surface area contributed by atoms with E-state index in [-0.39, 0.29) is 11.3 Å². The van der Waals surface area contributed by atoms with Gasteiger partial charge >= 0.3 is 6.03 Å². The van der Waals surface area contributed by atoms with Gasteiger partial charge in [-0.2, -0.15) is 0 Å². The molecule has 0 fully saturated rings. The molecular weight excluding hydrogens is 334 g/mol. The molecule has 2 N–H and O–H groups in total. The summed E-state index contributed by atoms with van der Waals surface area (Å²) in [6.45, 7) is 2.10. The van der Waals surface area contributed by atoms with E-state index >= 15 is 0 Å². The van der Waals surface area contributed by atoms with E-state index in [1.54, 1.807) is 18.1 Å². The van der Waals surface area contributed by atoms with Crippen molar-refractivity contribution in [3.63, 3.8) is 0 Å².